The summed E-state index contributed by atoms with van der Waals surface area (Å²) in [5.41, 5.74) is 0.802. The zero-order valence-corrected chi connectivity index (χ0v) is 13.8. The second-order valence-corrected chi connectivity index (χ2v) is 5.61. The van der Waals surface area contributed by atoms with Gasteiger partial charge < -0.3 is 10.1 Å². The molecule has 0 saturated carbocycles. The summed E-state index contributed by atoms with van der Waals surface area (Å²) in [5.74, 6) is 0.802. The predicted octanol–water partition coefficient (Wildman–Crippen LogP) is 5.33. The number of benzene rings is 1. The zero-order valence-electron chi connectivity index (χ0n) is 13.8. The Kier molecular flexibility index (Phi) is 9.84. The van der Waals surface area contributed by atoms with Gasteiger partial charge in [0.2, 0.25) is 5.91 Å². The summed E-state index contributed by atoms with van der Waals surface area (Å²) < 4.78 is 5.70. The number of rotatable bonds is 12. The van der Waals surface area contributed by atoms with Gasteiger partial charge in [-0.2, -0.15) is 0 Å². The highest BCUT2D eigenvalue weighted by atomic mass is 16.5. The number of carbonyl (C=O) groups excluding carboxylic acids is 1. The van der Waals surface area contributed by atoms with E-state index in [2.05, 4.69) is 11.9 Å². The summed E-state index contributed by atoms with van der Waals surface area (Å²) in [6.45, 7) is 6.00. The molecule has 0 aliphatic heterocycles. The van der Waals surface area contributed by atoms with E-state index in [0.717, 1.165) is 30.9 Å². The van der Waals surface area contributed by atoms with Crippen molar-refractivity contribution in [3.8, 4) is 5.75 Å². The average Bonchev–Trinajstić information content (AvgIpc) is 2.50. The van der Waals surface area contributed by atoms with Gasteiger partial charge in [0.05, 0.1) is 6.61 Å². The molecule has 1 N–H and O–H groups in total. The number of unbranched alkanes of at least 4 members (excludes halogenated alkanes) is 7. The quantitative estimate of drug-likeness (QED) is 0.418. The molecule has 22 heavy (non-hydrogen) atoms. The normalized spacial score (nSPS) is 10.2. The molecule has 122 valence electrons. The van der Waals surface area contributed by atoms with Crippen molar-refractivity contribution >= 4 is 11.6 Å². The Hall–Kier alpha value is -1.77. The van der Waals surface area contributed by atoms with Crippen molar-refractivity contribution in [3.63, 3.8) is 0 Å². The third-order valence-electron chi connectivity index (χ3n) is 3.50. The lowest BCUT2D eigenvalue weighted by Crippen LogP contribution is -2.05. The molecule has 1 rings (SSSR count). The van der Waals surface area contributed by atoms with E-state index in [1.807, 2.05) is 30.3 Å². The van der Waals surface area contributed by atoms with E-state index in [-0.39, 0.29) is 5.91 Å². The molecule has 1 aromatic carbocycles. The third kappa shape index (κ3) is 9.22. The van der Waals surface area contributed by atoms with Crippen molar-refractivity contribution in [2.45, 2.75) is 58.3 Å². The van der Waals surface area contributed by atoms with Crippen molar-refractivity contribution in [1.82, 2.24) is 0 Å². The molecule has 0 saturated heterocycles. The van der Waals surface area contributed by atoms with Crippen molar-refractivity contribution in [2.75, 3.05) is 11.9 Å². The molecule has 0 spiro atoms. The van der Waals surface area contributed by atoms with E-state index in [0.29, 0.717) is 0 Å². The fourth-order valence-electron chi connectivity index (χ4n) is 2.30. The standard InChI is InChI=1S/C19H29NO2/c1-3-4-5-6-7-8-9-10-11-16-22-19-14-12-18(13-15-19)20-17(2)21/h3,12-15H,1,4-11,16H2,2H3,(H,20,21). The Bertz CT molecular complexity index is 426. The molecular formula is C19H29NO2. The molecule has 3 nitrogen and oxygen atoms in total. The summed E-state index contributed by atoms with van der Waals surface area (Å²) >= 11 is 0. The van der Waals surface area contributed by atoms with E-state index in [4.69, 9.17) is 4.74 Å². The van der Waals surface area contributed by atoms with Crippen LogP contribution < -0.4 is 10.1 Å². The van der Waals surface area contributed by atoms with Crippen LogP contribution >= 0.6 is 0 Å². The second kappa shape index (κ2) is 11.8. The number of nitrogens with one attached hydrogen (secondary N) is 1. The SMILES string of the molecule is C=CCCCCCCCCCOc1ccc(NC(C)=O)cc1. The van der Waals surface area contributed by atoms with Crippen molar-refractivity contribution in [2.24, 2.45) is 0 Å². The molecule has 0 bridgehead atoms. The lowest BCUT2D eigenvalue weighted by molar-refractivity contribution is -0.114. The van der Waals surface area contributed by atoms with Gasteiger partial charge in [-0.15, -0.1) is 6.58 Å². The van der Waals surface area contributed by atoms with Crippen LogP contribution in [0.15, 0.2) is 36.9 Å². The van der Waals surface area contributed by atoms with E-state index < -0.39 is 0 Å². The van der Waals surface area contributed by atoms with Crippen LogP contribution in [0.1, 0.15) is 58.3 Å². The van der Waals surface area contributed by atoms with Gasteiger partial charge >= 0.3 is 0 Å². The molecule has 0 radical (unpaired) electrons. The van der Waals surface area contributed by atoms with Gasteiger partial charge in [-0.05, 0) is 43.5 Å². The van der Waals surface area contributed by atoms with Gasteiger partial charge in [-0.1, -0.05) is 38.2 Å². The van der Waals surface area contributed by atoms with Crippen LogP contribution in [-0.4, -0.2) is 12.5 Å². The Labute approximate surface area is 134 Å². The maximum absolute atomic E-state index is 10.9. The van der Waals surface area contributed by atoms with E-state index in [1.165, 1.54) is 45.4 Å². The molecule has 0 aliphatic carbocycles. The van der Waals surface area contributed by atoms with Crippen LogP contribution in [0.3, 0.4) is 0 Å². The maximum atomic E-state index is 10.9. The molecule has 1 amide bonds. The largest absolute Gasteiger partial charge is 0.494 e. The van der Waals surface area contributed by atoms with Gasteiger partial charge in [-0.25, -0.2) is 0 Å². The van der Waals surface area contributed by atoms with Crippen LogP contribution in [0.4, 0.5) is 5.69 Å². The number of allylic oxidation sites excluding steroid dienone is 1. The molecule has 0 atom stereocenters. The number of ether oxygens (including phenoxy) is 1. The number of amides is 1. The fourth-order valence-corrected chi connectivity index (χ4v) is 2.30. The number of hydrogen-bond donors (Lipinski definition) is 1. The topological polar surface area (TPSA) is 38.3 Å². The van der Waals surface area contributed by atoms with Gasteiger partial charge in [0, 0.05) is 12.6 Å². The highest BCUT2D eigenvalue weighted by Crippen LogP contribution is 2.16. The van der Waals surface area contributed by atoms with Crippen LogP contribution in [0.2, 0.25) is 0 Å². The molecule has 1 aromatic rings. The summed E-state index contributed by atoms with van der Waals surface area (Å²) in [5, 5.41) is 2.74. The van der Waals surface area contributed by atoms with Crippen molar-refractivity contribution in [1.29, 1.82) is 0 Å². The van der Waals surface area contributed by atoms with E-state index in [9.17, 15) is 4.79 Å². The summed E-state index contributed by atoms with van der Waals surface area (Å²) in [7, 11) is 0. The minimum absolute atomic E-state index is 0.0573. The Balaban J connectivity index is 2.00. The first kappa shape index (κ1) is 18.3. The lowest BCUT2D eigenvalue weighted by atomic mass is 10.1. The van der Waals surface area contributed by atoms with Gasteiger partial charge in [-0.3, -0.25) is 4.79 Å². The van der Waals surface area contributed by atoms with E-state index >= 15 is 0 Å². The molecule has 0 aliphatic rings. The van der Waals surface area contributed by atoms with Crippen molar-refractivity contribution in [3.05, 3.63) is 36.9 Å². The monoisotopic (exact) mass is 303 g/mol. The lowest BCUT2D eigenvalue weighted by Gasteiger charge is -2.07. The first-order chi connectivity index (χ1) is 10.7. The molecular weight excluding hydrogens is 274 g/mol. The smallest absolute Gasteiger partial charge is 0.221 e. The number of hydrogen-bond acceptors (Lipinski definition) is 2. The number of carbonyl (C=O) groups is 1. The van der Waals surface area contributed by atoms with Crippen LogP contribution in [0.25, 0.3) is 0 Å². The highest BCUT2D eigenvalue weighted by molar-refractivity contribution is 5.88. The minimum atomic E-state index is -0.0573. The molecule has 3 heteroatoms. The Morgan fingerprint density at radius 2 is 1.64 bits per heavy atom. The van der Waals surface area contributed by atoms with Crippen molar-refractivity contribution < 1.29 is 9.53 Å². The molecule has 0 aromatic heterocycles. The summed E-state index contributed by atoms with van der Waals surface area (Å²) in [6, 6.07) is 7.51. The van der Waals surface area contributed by atoms with Gasteiger partial charge in [0.25, 0.3) is 0 Å². The van der Waals surface area contributed by atoms with Crippen LogP contribution in [-0.2, 0) is 4.79 Å². The summed E-state index contributed by atoms with van der Waals surface area (Å²) in [4.78, 5) is 10.9. The molecule has 0 fully saturated rings. The van der Waals surface area contributed by atoms with Gasteiger partial charge in [0.15, 0.2) is 0 Å². The minimum Gasteiger partial charge on any atom is -0.494 e. The second-order valence-electron chi connectivity index (χ2n) is 5.61. The predicted molar refractivity (Wildman–Crippen MR) is 93.4 cm³/mol. The third-order valence-corrected chi connectivity index (χ3v) is 3.50. The fraction of sp³-hybridized carbons (Fsp3) is 0.526. The zero-order chi connectivity index (χ0) is 16.0. The number of anilines is 1. The first-order valence-electron chi connectivity index (χ1n) is 8.33. The summed E-state index contributed by atoms with van der Waals surface area (Å²) in [6.07, 6.45) is 12.0. The average molecular weight is 303 g/mol. The van der Waals surface area contributed by atoms with Gasteiger partial charge in [0.1, 0.15) is 5.75 Å². The van der Waals surface area contributed by atoms with E-state index in [1.54, 1.807) is 0 Å². The maximum Gasteiger partial charge on any atom is 0.221 e. The van der Waals surface area contributed by atoms with Crippen LogP contribution in [0, 0.1) is 0 Å². The Morgan fingerprint density at radius 1 is 1.05 bits per heavy atom. The molecule has 0 heterocycles. The molecule has 0 unspecified atom stereocenters. The highest BCUT2D eigenvalue weighted by Gasteiger charge is 1.97. The van der Waals surface area contributed by atoms with Crippen LogP contribution in [0.5, 0.6) is 5.75 Å². The Morgan fingerprint density at radius 3 is 2.23 bits per heavy atom. The first-order valence-corrected chi connectivity index (χ1v) is 8.33.